The molecule has 0 spiro atoms. The molecule has 0 aliphatic carbocycles. The molecule has 2 aliphatic heterocycles. The summed E-state index contributed by atoms with van der Waals surface area (Å²) in [6.45, 7) is 1.49. The zero-order valence-corrected chi connectivity index (χ0v) is 8.71. The number of hydrogen-bond acceptors (Lipinski definition) is 3. The Kier molecular flexibility index (Phi) is 3.20. The summed E-state index contributed by atoms with van der Waals surface area (Å²) in [6, 6.07) is 0.102. The van der Waals surface area contributed by atoms with Gasteiger partial charge >= 0.3 is 0 Å². The Morgan fingerprint density at radius 3 is 2.93 bits per heavy atom. The average molecular weight is 211 g/mol. The molecular formula is C10H17N3O2. The second-order valence-corrected chi connectivity index (χ2v) is 4.20. The standard InChI is InChI=1S/C10H17N3O2/c14-9-4-3-7(13-9)6-12-10(15)8-2-1-5-11-8/h7-8,11H,1-6H2,(H,12,15)(H,13,14). The highest BCUT2D eigenvalue weighted by Crippen LogP contribution is 2.07. The van der Waals surface area contributed by atoms with Gasteiger partial charge in [-0.2, -0.15) is 0 Å². The highest BCUT2D eigenvalue weighted by molar-refractivity contribution is 5.82. The molecule has 15 heavy (non-hydrogen) atoms. The van der Waals surface area contributed by atoms with E-state index < -0.39 is 0 Å². The van der Waals surface area contributed by atoms with Crippen molar-refractivity contribution in [2.24, 2.45) is 0 Å². The maximum atomic E-state index is 11.6. The largest absolute Gasteiger partial charge is 0.353 e. The van der Waals surface area contributed by atoms with Crippen LogP contribution < -0.4 is 16.0 Å². The van der Waals surface area contributed by atoms with E-state index in [-0.39, 0.29) is 23.9 Å². The monoisotopic (exact) mass is 211 g/mol. The van der Waals surface area contributed by atoms with E-state index in [4.69, 9.17) is 0 Å². The van der Waals surface area contributed by atoms with E-state index in [0.29, 0.717) is 13.0 Å². The lowest BCUT2D eigenvalue weighted by Crippen LogP contribution is -2.45. The quantitative estimate of drug-likeness (QED) is 0.568. The Hall–Kier alpha value is -1.10. The summed E-state index contributed by atoms with van der Waals surface area (Å²) < 4.78 is 0. The zero-order chi connectivity index (χ0) is 10.7. The van der Waals surface area contributed by atoms with Crippen LogP contribution in [0.15, 0.2) is 0 Å². The van der Waals surface area contributed by atoms with Gasteiger partial charge in [0.05, 0.1) is 6.04 Å². The Bertz CT molecular complexity index is 261. The molecule has 84 valence electrons. The van der Waals surface area contributed by atoms with Crippen molar-refractivity contribution in [2.75, 3.05) is 13.1 Å². The Morgan fingerprint density at radius 2 is 2.33 bits per heavy atom. The van der Waals surface area contributed by atoms with E-state index in [1.807, 2.05) is 0 Å². The Balaban J connectivity index is 1.68. The van der Waals surface area contributed by atoms with Gasteiger partial charge in [0.25, 0.3) is 0 Å². The van der Waals surface area contributed by atoms with Crippen molar-refractivity contribution in [3.8, 4) is 0 Å². The van der Waals surface area contributed by atoms with Crippen molar-refractivity contribution in [1.29, 1.82) is 0 Å². The second kappa shape index (κ2) is 4.61. The van der Waals surface area contributed by atoms with Crippen LogP contribution in [0.2, 0.25) is 0 Å². The van der Waals surface area contributed by atoms with Crippen LogP contribution in [0, 0.1) is 0 Å². The molecule has 2 rings (SSSR count). The summed E-state index contributed by atoms with van der Waals surface area (Å²) in [5, 5.41) is 8.84. The third-order valence-corrected chi connectivity index (χ3v) is 2.98. The van der Waals surface area contributed by atoms with Gasteiger partial charge in [-0.1, -0.05) is 0 Å². The van der Waals surface area contributed by atoms with Gasteiger partial charge in [-0.3, -0.25) is 9.59 Å². The molecule has 3 N–H and O–H groups in total. The van der Waals surface area contributed by atoms with Gasteiger partial charge in [0.15, 0.2) is 0 Å². The molecular weight excluding hydrogens is 194 g/mol. The number of carbonyl (C=O) groups excluding carboxylic acids is 2. The number of carbonyl (C=O) groups is 2. The molecule has 0 radical (unpaired) electrons. The number of hydrogen-bond donors (Lipinski definition) is 3. The van der Waals surface area contributed by atoms with Crippen LogP contribution >= 0.6 is 0 Å². The van der Waals surface area contributed by atoms with Crippen LogP contribution in [0.1, 0.15) is 25.7 Å². The molecule has 0 saturated carbocycles. The molecule has 2 unspecified atom stereocenters. The SMILES string of the molecule is O=C1CCC(CNC(=O)C2CCCN2)N1. The lowest BCUT2D eigenvalue weighted by atomic mass is 10.2. The predicted octanol–water partition coefficient (Wildman–Crippen LogP) is -0.867. The number of nitrogens with one attached hydrogen (secondary N) is 3. The maximum absolute atomic E-state index is 11.6. The third-order valence-electron chi connectivity index (χ3n) is 2.98. The van der Waals surface area contributed by atoms with E-state index in [1.54, 1.807) is 0 Å². The first-order chi connectivity index (χ1) is 7.25. The maximum Gasteiger partial charge on any atom is 0.237 e. The average Bonchev–Trinajstić information content (AvgIpc) is 2.84. The van der Waals surface area contributed by atoms with Crippen molar-refractivity contribution < 1.29 is 9.59 Å². The smallest absolute Gasteiger partial charge is 0.237 e. The molecule has 0 aromatic carbocycles. The Labute approximate surface area is 89.0 Å². The molecule has 2 saturated heterocycles. The van der Waals surface area contributed by atoms with Gasteiger partial charge in [0.2, 0.25) is 11.8 Å². The van der Waals surface area contributed by atoms with Crippen LogP contribution in [0.25, 0.3) is 0 Å². The molecule has 2 heterocycles. The van der Waals surface area contributed by atoms with E-state index in [0.717, 1.165) is 25.8 Å². The topological polar surface area (TPSA) is 70.2 Å². The second-order valence-electron chi connectivity index (χ2n) is 4.20. The van der Waals surface area contributed by atoms with E-state index in [1.165, 1.54) is 0 Å². The molecule has 2 aliphatic rings. The minimum atomic E-state index is -0.0258. The molecule has 2 fully saturated rings. The van der Waals surface area contributed by atoms with Crippen LogP contribution in [-0.4, -0.2) is 37.0 Å². The van der Waals surface area contributed by atoms with Gasteiger partial charge in [-0.15, -0.1) is 0 Å². The number of amides is 2. The van der Waals surface area contributed by atoms with E-state index in [9.17, 15) is 9.59 Å². The fourth-order valence-corrected chi connectivity index (χ4v) is 2.09. The lowest BCUT2D eigenvalue weighted by Gasteiger charge is -2.14. The van der Waals surface area contributed by atoms with Crippen molar-refractivity contribution in [3.63, 3.8) is 0 Å². The first-order valence-corrected chi connectivity index (χ1v) is 5.56. The van der Waals surface area contributed by atoms with Crippen LogP contribution in [0.5, 0.6) is 0 Å². The molecule has 0 aromatic rings. The van der Waals surface area contributed by atoms with Crippen LogP contribution in [-0.2, 0) is 9.59 Å². The third kappa shape index (κ3) is 2.68. The highest BCUT2D eigenvalue weighted by Gasteiger charge is 2.24. The first kappa shape index (κ1) is 10.4. The van der Waals surface area contributed by atoms with Crippen molar-refractivity contribution >= 4 is 11.8 Å². The summed E-state index contributed by atoms with van der Waals surface area (Å²) in [7, 11) is 0. The van der Waals surface area contributed by atoms with Gasteiger partial charge in [-0.25, -0.2) is 0 Å². The Morgan fingerprint density at radius 1 is 1.47 bits per heavy atom. The summed E-state index contributed by atoms with van der Waals surface area (Å²) in [5.74, 6) is 0.155. The highest BCUT2D eigenvalue weighted by atomic mass is 16.2. The number of rotatable bonds is 3. The fourth-order valence-electron chi connectivity index (χ4n) is 2.09. The minimum Gasteiger partial charge on any atom is -0.353 e. The predicted molar refractivity (Wildman–Crippen MR) is 55.2 cm³/mol. The van der Waals surface area contributed by atoms with Crippen LogP contribution in [0.3, 0.4) is 0 Å². The molecule has 5 heteroatoms. The van der Waals surface area contributed by atoms with Gasteiger partial charge in [0, 0.05) is 19.0 Å². The summed E-state index contributed by atoms with van der Waals surface area (Å²) in [6.07, 6.45) is 3.40. The fraction of sp³-hybridized carbons (Fsp3) is 0.800. The molecule has 2 atom stereocenters. The summed E-state index contributed by atoms with van der Waals surface area (Å²) in [4.78, 5) is 22.5. The van der Waals surface area contributed by atoms with Crippen molar-refractivity contribution in [2.45, 2.75) is 37.8 Å². The minimum absolute atomic E-state index is 0.0258. The zero-order valence-electron chi connectivity index (χ0n) is 8.71. The van der Waals surface area contributed by atoms with Crippen molar-refractivity contribution in [3.05, 3.63) is 0 Å². The van der Waals surface area contributed by atoms with Gasteiger partial charge in [-0.05, 0) is 25.8 Å². The van der Waals surface area contributed by atoms with E-state index >= 15 is 0 Å². The lowest BCUT2D eigenvalue weighted by molar-refractivity contribution is -0.123. The summed E-state index contributed by atoms with van der Waals surface area (Å²) in [5.41, 5.74) is 0. The van der Waals surface area contributed by atoms with Crippen LogP contribution in [0.4, 0.5) is 0 Å². The van der Waals surface area contributed by atoms with E-state index in [2.05, 4.69) is 16.0 Å². The molecule has 5 nitrogen and oxygen atoms in total. The molecule has 0 aromatic heterocycles. The normalized spacial score (nSPS) is 30.3. The first-order valence-electron chi connectivity index (χ1n) is 5.56. The summed E-state index contributed by atoms with van der Waals surface area (Å²) >= 11 is 0. The molecule has 0 bridgehead atoms. The molecule has 2 amide bonds. The van der Waals surface area contributed by atoms with Crippen molar-refractivity contribution in [1.82, 2.24) is 16.0 Å². The van der Waals surface area contributed by atoms with Gasteiger partial charge in [0.1, 0.15) is 0 Å². The van der Waals surface area contributed by atoms with Gasteiger partial charge < -0.3 is 16.0 Å².